The molecule has 0 aromatic heterocycles. The van der Waals surface area contributed by atoms with Gasteiger partial charge in [-0.15, -0.1) is 0 Å². The topological polar surface area (TPSA) is 63.2 Å². The number of hydrogen-bond acceptors (Lipinski definition) is 3. The van der Waals surface area contributed by atoms with Crippen molar-refractivity contribution in [1.29, 1.82) is 0 Å². The third-order valence-electron chi connectivity index (χ3n) is 3.97. The molecule has 0 spiro atoms. The highest BCUT2D eigenvalue weighted by Crippen LogP contribution is 2.12. The van der Waals surface area contributed by atoms with E-state index in [1.165, 1.54) is 6.92 Å². The lowest BCUT2D eigenvalue weighted by atomic mass is 9.95. The van der Waals surface area contributed by atoms with Crippen molar-refractivity contribution in [2.75, 3.05) is 0 Å². The third kappa shape index (κ3) is 7.53. The first-order valence-corrected chi connectivity index (χ1v) is 8.66. The van der Waals surface area contributed by atoms with E-state index < -0.39 is 6.04 Å². The molecule has 0 heterocycles. The molecule has 2 unspecified atom stereocenters. The number of nitrogens with one attached hydrogen (secondary N) is 1. The summed E-state index contributed by atoms with van der Waals surface area (Å²) in [5.74, 6) is -0.0843. The molecule has 0 aliphatic carbocycles. The molecule has 1 aromatic rings. The molecule has 0 saturated heterocycles. The molecule has 0 radical (unpaired) electrons. The monoisotopic (exact) mass is 331 g/mol. The molecule has 0 bridgehead atoms. The normalized spacial score (nSPS) is 13.4. The van der Waals surface area contributed by atoms with Crippen molar-refractivity contribution in [2.45, 2.75) is 59.4 Å². The van der Waals surface area contributed by atoms with Gasteiger partial charge in [0.15, 0.2) is 5.78 Å². The first-order valence-electron chi connectivity index (χ1n) is 8.66. The second-order valence-corrected chi connectivity index (χ2v) is 6.95. The summed E-state index contributed by atoms with van der Waals surface area (Å²) in [4.78, 5) is 35.9. The maximum atomic E-state index is 12.5. The van der Waals surface area contributed by atoms with Crippen LogP contribution >= 0.6 is 0 Å². The van der Waals surface area contributed by atoms with Crippen molar-refractivity contribution in [2.24, 2.45) is 11.8 Å². The molecule has 1 aromatic carbocycles. The first kappa shape index (κ1) is 20.1. The van der Waals surface area contributed by atoms with Crippen molar-refractivity contribution in [3.05, 3.63) is 35.9 Å². The summed E-state index contributed by atoms with van der Waals surface area (Å²) >= 11 is 0. The van der Waals surface area contributed by atoms with Gasteiger partial charge in [-0.2, -0.15) is 0 Å². The summed E-state index contributed by atoms with van der Waals surface area (Å²) in [6, 6.07) is 9.33. The quantitative estimate of drug-likeness (QED) is 0.715. The van der Waals surface area contributed by atoms with Crippen LogP contribution in [0.3, 0.4) is 0 Å². The molecule has 0 saturated carbocycles. The Morgan fingerprint density at radius 3 is 2.17 bits per heavy atom. The van der Waals surface area contributed by atoms with Crippen LogP contribution in [0.25, 0.3) is 0 Å². The fourth-order valence-electron chi connectivity index (χ4n) is 2.59. The van der Waals surface area contributed by atoms with Gasteiger partial charge in [0.05, 0.1) is 6.04 Å². The second kappa shape index (κ2) is 10.0. The van der Waals surface area contributed by atoms with Crippen LogP contribution in [0.2, 0.25) is 0 Å². The molecular weight excluding hydrogens is 302 g/mol. The Labute approximate surface area is 145 Å². The Kier molecular flexibility index (Phi) is 8.37. The average molecular weight is 331 g/mol. The first-order chi connectivity index (χ1) is 11.3. The summed E-state index contributed by atoms with van der Waals surface area (Å²) in [6.45, 7) is 7.38. The molecule has 4 nitrogen and oxygen atoms in total. The van der Waals surface area contributed by atoms with Crippen LogP contribution in [-0.4, -0.2) is 23.5 Å². The number of carbonyl (C=O) groups excluding carboxylic acids is 3. The summed E-state index contributed by atoms with van der Waals surface area (Å²) in [5, 5.41) is 2.89. The zero-order valence-electron chi connectivity index (χ0n) is 15.2. The van der Waals surface area contributed by atoms with E-state index in [0.717, 1.165) is 5.56 Å². The van der Waals surface area contributed by atoms with Gasteiger partial charge in [-0.05, 0) is 31.2 Å². The fourth-order valence-corrected chi connectivity index (χ4v) is 2.59. The highest BCUT2D eigenvalue weighted by atomic mass is 16.2. The third-order valence-corrected chi connectivity index (χ3v) is 3.97. The second-order valence-electron chi connectivity index (χ2n) is 6.95. The molecule has 0 aliphatic rings. The predicted molar refractivity (Wildman–Crippen MR) is 95.6 cm³/mol. The van der Waals surface area contributed by atoms with Gasteiger partial charge in [-0.25, -0.2) is 0 Å². The lowest BCUT2D eigenvalue weighted by Gasteiger charge is -2.22. The Hall–Kier alpha value is -1.97. The van der Waals surface area contributed by atoms with Crippen molar-refractivity contribution in [3.63, 3.8) is 0 Å². The lowest BCUT2D eigenvalue weighted by molar-refractivity contribution is -0.130. The summed E-state index contributed by atoms with van der Waals surface area (Å²) in [6.07, 6.45) is 1.67. The minimum atomic E-state index is -0.505. The summed E-state index contributed by atoms with van der Waals surface area (Å²) < 4.78 is 0. The van der Waals surface area contributed by atoms with Crippen molar-refractivity contribution >= 4 is 17.5 Å². The van der Waals surface area contributed by atoms with Crippen molar-refractivity contribution in [3.8, 4) is 0 Å². The largest absolute Gasteiger partial charge is 0.346 e. The van der Waals surface area contributed by atoms with Gasteiger partial charge >= 0.3 is 0 Å². The number of ketones is 2. The van der Waals surface area contributed by atoms with E-state index >= 15 is 0 Å². The molecule has 1 N–H and O–H groups in total. The van der Waals surface area contributed by atoms with Gasteiger partial charge in [0.1, 0.15) is 5.78 Å². The van der Waals surface area contributed by atoms with Gasteiger partial charge in [0.2, 0.25) is 5.91 Å². The van der Waals surface area contributed by atoms with Gasteiger partial charge in [-0.1, -0.05) is 51.1 Å². The Bertz CT molecular complexity index is 551. The molecule has 0 fully saturated rings. The van der Waals surface area contributed by atoms with Crippen molar-refractivity contribution in [1.82, 2.24) is 5.32 Å². The molecule has 4 heteroatoms. The van der Waals surface area contributed by atoms with Crippen LogP contribution in [-0.2, 0) is 20.8 Å². The smallest absolute Gasteiger partial charge is 0.223 e. The molecule has 1 rings (SSSR count). The van der Waals surface area contributed by atoms with E-state index in [4.69, 9.17) is 0 Å². The zero-order chi connectivity index (χ0) is 18.1. The maximum Gasteiger partial charge on any atom is 0.223 e. The van der Waals surface area contributed by atoms with Crippen LogP contribution in [0.5, 0.6) is 0 Å². The summed E-state index contributed by atoms with van der Waals surface area (Å²) in [5.41, 5.74) is 1.10. The highest BCUT2D eigenvalue weighted by molar-refractivity contribution is 5.91. The predicted octanol–water partition coefficient (Wildman–Crippen LogP) is 3.33. The Morgan fingerprint density at radius 2 is 1.62 bits per heavy atom. The van der Waals surface area contributed by atoms with Crippen LogP contribution in [0.15, 0.2) is 30.3 Å². The maximum absolute atomic E-state index is 12.5. The van der Waals surface area contributed by atoms with Crippen LogP contribution < -0.4 is 5.32 Å². The lowest BCUT2D eigenvalue weighted by Crippen LogP contribution is -2.44. The van der Waals surface area contributed by atoms with Gasteiger partial charge in [-0.3, -0.25) is 9.59 Å². The van der Waals surface area contributed by atoms with Crippen molar-refractivity contribution < 1.29 is 14.4 Å². The Morgan fingerprint density at radius 1 is 1.00 bits per heavy atom. The number of Topliss-reactive ketones (excluding diaryl/α,β-unsaturated/α-hetero) is 2. The minimum absolute atomic E-state index is 0.00424. The number of hydrogen-bond donors (Lipinski definition) is 1. The van der Waals surface area contributed by atoms with Gasteiger partial charge in [0.25, 0.3) is 0 Å². The summed E-state index contributed by atoms with van der Waals surface area (Å²) in [7, 11) is 0. The van der Waals surface area contributed by atoms with E-state index in [1.807, 2.05) is 51.1 Å². The van der Waals surface area contributed by atoms with Gasteiger partial charge < -0.3 is 10.1 Å². The average Bonchev–Trinajstić information content (AvgIpc) is 2.52. The van der Waals surface area contributed by atoms with E-state index in [-0.39, 0.29) is 36.2 Å². The van der Waals surface area contributed by atoms with E-state index in [9.17, 15) is 14.4 Å². The SMILES string of the molecule is CC(=O)CCC(=O)C(CC(C)C)NC(=O)C(C)Cc1ccccc1. The van der Waals surface area contributed by atoms with Crippen LogP contribution in [0.4, 0.5) is 0 Å². The molecule has 0 aliphatic heterocycles. The molecule has 1 amide bonds. The van der Waals surface area contributed by atoms with Crippen LogP contribution in [0, 0.1) is 11.8 Å². The molecule has 132 valence electrons. The number of benzene rings is 1. The molecule has 2 atom stereocenters. The highest BCUT2D eigenvalue weighted by Gasteiger charge is 2.24. The number of rotatable bonds is 10. The number of amides is 1. The van der Waals surface area contributed by atoms with E-state index in [1.54, 1.807) is 0 Å². The Balaban J connectivity index is 2.65. The van der Waals surface area contributed by atoms with Gasteiger partial charge in [0, 0.05) is 18.8 Å². The molecular formula is C20H29NO3. The fraction of sp³-hybridized carbons (Fsp3) is 0.550. The minimum Gasteiger partial charge on any atom is -0.346 e. The molecule has 24 heavy (non-hydrogen) atoms. The van der Waals surface area contributed by atoms with Crippen LogP contribution in [0.1, 0.15) is 52.5 Å². The standard InChI is InChI=1S/C20H29NO3/c1-14(2)12-18(19(23)11-10-16(4)22)21-20(24)15(3)13-17-8-6-5-7-9-17/h5-9,14-15,18H,10-13H2,1-4H3,(H,21,24). The van der Waals surface area contributed by atoms with E-state index in [2.05, 4.69) is 5.32 Å². The van der Waals surface area contributed by atoms with E-state index in [0.29, 0.717) is 18.8 Å². The number of carbonyl (C=O) groups is 3. The zero-order valence-corrected chi connectivity index (χ0v) is 15.2.